The number of hydrogen-bond acceptors (Lipinski definition) is 5. The van der Waals surface area contributed by atoms with Crippen molar-refractivity contribution < 1.29 is 14.4 Å². The van der Waals surface area contributed by atoms with E-state index in [-0.39, 0.29) is 40.1 Å². The zero-order valence-corrected chi connectivity index (χ0v) is 27.7. The molecule has 0 saturated heterocycles. The molecule has 7 heteroatoms. The topological polar surface area (TPSA) is 82.7 Å². The van der Waals surface area contributed by atoms with Gasteiger partial charge in [0.1, 0.15) is 6.61 Å². The number of nitrogens with one attached hydrogen (secondary N) is 3. The third kappa shape index (κ3) is 24.9. The quantitative estimate of drug-likeness (QED) is 0.212. The van der Waals surface area contributed by atoms with Gasteiger partial charge in [-0.15, -0.1) is 0 Å². The first-order valence-corrected chi connectivity index (χ1v) is 14.3. The third-order valence-corrected chi connectivity index (χ3v) is 5.52. The largest absolute Gasteiger partial charge is 0.356 e. The summed E-state index contributed by atoms with van der Waals surface area (Å²) in [6.45, 7) is 32.0. The number of hydrogen-bond donors (Lipinski definition) is 3. The molecule has 0 aliphatic heterocycles. The minimum absolute atomic E-state index is 0.00893. The fraction of sp³-hybridized carbons (Fsp3) is 0.933. The molecular weight excluding hydrogens is 464 g/mol. The summed E-state index contributed by atoms with van der Waals surface area (Å²) in [6.07, 6.45) is 2.30. The predicted octanol–water partition coefficient (Wildman–Crippen LogP) is 6.04. The molecule has 0 aromatic rings. The van der Waals surface area contributed by atoms with Crippen LogP contribution in [-0.2, 0) is 14.4 Å². The molecule has 0 radical (unpaired) electrons. The highest BCUT2D eigenvalue weighted by Gasteiger charge is 2.33. The molecule has 0 fully saturated rings. The summed E-state index contributed by atoms with van der Waals surface area (Å²) < 4.78 is 0. The standard InChI is InChI=1S/C26H54N4O3.2C2H6/c1-20(2)27-17-25(7,8)16-26(9,10)18-28-21(31)13-23(3,4)15-24(5,6)19-29-22(32)14-33-30(11)12;2*1-2/h20,27H,13-19H2,1-12H3,(H,28,31)(H,29,32);2*1-2H3. The molecule has 3 N–H and O–H groups in total. The predicted molar refractivity (Wildman–Crippen MR) is 160 cm³/mol. The molecular formula is C30H66N4O3. The third-order valence-electron chi connectivity index (χ3n) is 5.52. The summed E-state index contributed by atoms with van der Waals surface area (Å²) in [5.74, 6) is -0.0496. The highest BCUT2D eigenvalue weighted by molar-refractivity contribution is 5.77. The second kappa shape index (κ2) is 19.0. The molecule has 0 saturated carbocycles. The summed E-state index contributed by atoms with van der Waals surface area (Å²) in [6, 6.07) is 0.471. The molecule has 0 atom stereocenters. The molecule has 7 nitrogen and oxygen atoms in total. The molecule has 37 heavy (non-hydrogen) atoms. The SMILES string of the molecule is CC.CC.CC(C)NCC(C)(C)CC(C)(C)CNC(=O)CC(C)(C)CC(C)(C)CNC(=O)CON(C)C. The van der Waals surface area contributed by atoms with Crippen molar-refractivity contribution in [2.24, 2.45) is 21.7 Å². The summed E-state index contributed by atoms with van der Waals surface area (Å²) in [5, 5.41) is 11.2. The number of nitrogens with zero attached hydrogens (tertiary/aromatic N) is 1. The first kappa shape index (κ1) is 40.3. The van der Waals surface area contributed by atoms with Crippen LogP contribution in [0.15, 0.2) is 0 Å². The molecule has 0 aliphatic rings. The van der Waals surface area contributed by atoms with E-state index in [9.17, 15) is 9.59 Å². The van der Waals surface area contributed by atoms with Gasteiger partial charge in [-0.25, -0.2) is 0 Å². The van der Waals surface area contributed by atoms with Crippen molar-refractivity contribution in [1.29, 1.82) is 0 Å². The summed E-state index contributed by atoms with van der Waals surface area (Å²) in [5.41, 5.74) is -0.142. The summed E-state index contributed by atoms with van der Waals surface area (Å²) in [4.78, 5) is 29.9. The van der Waals surface area contributed by atoms with Crippen molar-refractivity contribution >= 4 is 11.8 Å². The van der Waals surface area contributed by atoms with E-state index in [0.29, 0.717) is 25.6 Å². The molecule has 0 unspecified atom stereocenters. The van der Waals surface area contributed by atoms with E-state index in [0.717, 1.165) is 19.4 Å². The van der Waals surface area contributed by atoms with Crippen molar-refractivity contribution in [3.63, 3.8) is 0 Å². The van der Waals surface area contributed by atoms with Crippen LogP contribution in [0.25, 0.3) is 0 Å². The van der Waals surface area contributed by atoms with Crippen LogP contribution in [0.5, 0.6) is 0 Å². The second-order valence-corrected chi connectivity index (χ2v) is 13.4. The van der Waals surface area contributed by atoms with Gasteiger partial charge in [0.2, 0.25) is 11.8 Å². The van der Waals surface area contributed by atoms with E-state index < -0.39 is 0 Å². The first-order chi connectivity index (χ1) is 16.7. The number of hydroxylamine groups is 2. The van der Waals surface area contributed by atoms with E-state index in [1.807, 2.05) is 27.7 Å². The summed E-state index contributed by atoms with van der Waals surface area (Å²) >= 11 is 0. The minimum atomic E-state index is -0.178. The van der Waals surface area contributed by atoms with Crippen molar-refractivity contribution in [3.8, 4) is 0 Å². The Balaban J connectivity index is -0.00000274. The van der Waals surface area contributed by atoms with E-state index >= 15 is 0 Å². The van der Waals surface area contributed by atoms with Crippen LogP contribution < -0.4 is 16.0 Å². The van der Waals surface area contributed by atoms with Crippen molar-refractivity contribution in [2.75, 3.05) is 40.3 Å². The Morgan fingerprint density at radius 2 is 1.05 bits per heavy atom. The van der Waals surface area contributed by atoms with E-state index in [4.69, 9.17) is 4.84 Å². The molecule has 0 rings (SSSR count). The number of carbonyl (C=O) groups is 2. The maximum absolute atomic E-state index is 12.8. The van der Waals surface area contributed by atoms with E-state index in [1.54, 1.807) is 14.1 Å². The minimum Gasteiger partial charge on any atom is -0.356 e. The van der Waals surface area contributed by atoms with Crippen LogP contribution in [-0.4, -0.2) is 63.3 Å². The highest BCUT2D eigenvalue weighted by atomic mass is 16.7. The Labute approximate surface area is 231 Å². The molecule has 0 bridgehead atoms. The van der Waals surface area contributed by atoms with Gasteiger partial charge in [0, 0.05) is 46.2 Å². The zero-order valence-electron chi connectivity index (χ0n) is 27.7. The van der Waals surface area contributed by atoms with Crippen molar-refractivity contribution in [3.05, 3.63) is 0 Å². The van der Waals surface area contributed by atoms with Crippen LogP contribution >= 0.6 is 0 Å². The first-order valence-electron chi connectivity index (χ1n) is 14.3. The molecule has 0 spiro atoms. The molecule has 0 aliphatic carbocycles. The van der Waals surface area contributed by atoms with Crippen molar-refractivity contribution in [2.45, 2.75) is 122 Å². The van der Waals surface area contributed by atoms with Crippen LogP contribution in [0.3, 0.4) is 0 Å². The Kier molecular flexibility index (Phi) is 20.7. The van der Waals surface area contributed by atoms with Gasteiger partial charge in [0.25, 0.3) is 0 Å². The lowest BCUT2D eigenvalue weighted by molar-refractivity contribution is -0.151. The van der Waals surface area contributed by atoms with Crippen LogP contribution in [0.1, 0.15) is 116 Å². The average Bonchev–Trinajstić information content (AvgIpc) is 2.75. The van der Waals surface area contributed by atoms with Gasteiger partial charge >= 0.3 is 0 Å². The normalized spacial score (nSPS) is 12.4. The number of carbonyl (C=O) groups excluding carboxylic acids is 2. The maximum Gasteiger partial charge on any atom is 0.248 e. The lowest BCUT2D eigenvalue weighted by Gasteiger charge is -2.37. The van der Waals surface area contributed by atoms with Gasteiger partial charge in [-0.05, 0) is 34.5 Å². The summed E-state index contributed by atoms with van der Waals surface area (Å²) in [7, 11) is 3.49. The van der Waals surface area contributed by atoms with Crippen molar-refractivity contribution in [1.82, 2.24) is 21.0 Å². The van der Waals surface area contributed by atoms with Crippen LogP contribution in [0, 0.1) is 21.7 Å². The Bertz CT molecular complexity index is 612. The van der Waals surface area contributed by atoms with Gasteiger partial charge < -0.3 is 16.0 Å². The molecule has 0 heterocycles. The fourth-order valence-electron chi connectivity index (χ4n) is 4.73. The second-order valence-electron chi connectivity index (χ2n) is 13.4. The smallest absolute Gasteiger partial charge is 0.248 e. The maximum atomic E-state index is 12.8. The fourth-order valence-corrected chi connectivity index (χ4v) is 4.73. The Hall–Kier alpha value is -1.18. The Morgan fingerprint density at radius 3 is 1.46 bits per heavy atom. The molecule has 2 amide bonds. The highest BCUT2D eigenvalue weighted by Crippen LogP contribution is 2.36. The van der Waals surface area contributed by atoms with E-state index in [2.05, 4.69) is 85.2 Å². The van der Waals surface area contributed by atoms with Gasteiger partial charge in [-0.3, -0.25) is 14.4 Å². The van der Waals surface area contributed by atoms with Gasteiger partial charge in [0.15, 0.2) is 0 Å². The number of rotatable bonds is 16. The van der Waals surface area contributed by atoms with Crippen LogP contribution in [0.2, 0.25) is 0 Å². The molecule has 0 aromatic carbocycles. The van der Waals surface area contributed by atoms with Gasteiger partial charge in [0.05, 0.1) is 0 Å². The van der Waals surface area contributed by atoms with Gasteiger partial charge in [-0.1, -0.05) is 96.9 Å². The molecule has 224 valence electrons. The molecule has 0 aromatic heterocycles. The zero-order chi connectivity index (χ0) is 30.1. The number of amides is 2. The van der Waals surface area contributed by atoms with Gasteiger partial charge in [-0.2, -0.15) is 5.06 Å². The van der Waals surface area contributed by atoms with E-state index in [1.165, 1.54) is 5.06 Å². The Morgan fingerprint density at radius 1 is 0.676 bits per heavy atom. The lowest BCUT2D eigenvalue weighted by atomic mass is 9.73. The van der Waals surface area contributed by atoms with Crippen LogP contribution in [0.4, 0.5) is 0 Å². The lowest BCUT2D eigenvalue weighted by Crippen LogP contribution is -2.42. The monoisotopic (exact) mass is 531 g/mol. The average molecular weight is 531 g/mol.